The highest BCUT2D eigenvalue weighted by Gasteiger charge is 2.58. The van der Waals surface area contributed by atoms with Crippen molar-refractivity contribution in [1.82, 2.24) is 0 Å². The average Bonchev–Trinajstić information content (AvgIpc) is 2.90. The number of halogens is 2. The predicted molar refractivity (Wildman–Crippen MR) is 74.5 cm³/mol. The molecule has 1 saturated carbocycles. The van der Waals surface area contributed by atoms with Crippen molar-refractivity contribution >= 4 is 12.6 Å². The van der Waals surface area contributed by atoms with Gasteiger partial charge in [-0.2, -0.15) is 0 Å². The van der Waals surface area contributed by atoms with Crippen LogP contribution >= 0.6 is 0 Å². The summed E-state index contributed by atoms with van der Waals surface area (Å²) in [5.41, 5.74) is 0.639. The molecule has 1 aliphatic heterocycles. The van der Waals surface area contributed by atoms with Crippen molar-refractivity contribution in [3.8, 4) is 0 Å². The Morgan fingerprint density at radius 3 is 2.15 bits per heavy atom. The smallest absolute Gasteiger partial charge is 0.399 e. The fraction of sp³-hybridized carbons (Fsp3) is 0.600. The van der Waals surface area contributed by atoms with Gasteiger partial charge in [0.1, 0.15) is 0 Å². The summed E-state index contributed by atoms with van der Waals surface area (Å²) < 4.78 is 38.2. The van der Waals surface area contributed by atoms with Gasteiger partial charge in [-0.05, 0) is 38.7 Å². The molecule has 5 heteroatoms. The molecule has 0 radical (unpaired) electrons. The molecule has 0 spiro atoms. The molecule has 3 rings (SSSR count). The molecule has 0 amide bonds. The lowest BCUT2D eigenvalue weighted by Gasteiger charge is -2.32. The molecule has 0 N–H and O–H groups in total. The van der Waals surface area contributed by atoms with Crippen molar-refractivity contribution in [2.45, 2.75) is 57.2 Å². The second kappa shape index (κ2) is 4.04. The summed E-state index contributed by atoms with van der Waals surface area (Å²) in [5, 5.41) is 0. The Morgan fingerprint density at radius 1 is 1.10 bits per heavy atom. The van der Waals surface area contributed by atoms with Crippen molar-refractivity contribution in [2.24, 2.45) is 0 Å². The van der Waals surface area contributed by atoms with E-state index in [0.717, 1.165) is 5.46 Å². The highest BCUT2D eigenvalue weighted by molar-refractivity contribution is 6.62. The standard InChI is InChI=1S/C15H19BF2O2/c1-13(2)14(3,4)20-16(19-13)11-7-5-6-10(8-11)12-9-15(12,17)18/h5-8,12H,9H2,1-4H3. The van der Waals surface area contributed by atoms with E-state index in [9.17, 15) is 8.78 Å². The predicted octanol–water partition coefficient (Wildman–Crippen LogP) is 3.11. The maximum absolute atomic E-state index is 13.2. The van der Waals surface area contributed by atoms with Crippen LogP contribution in [-0.4, -0.2) is 24.2 Å². The summed E-state index contributed by atoms with van der Waals surface area (Å²) in [7, 11) is -0.493. The van der Waals surface area contributed by atoms with Gasteiger partial charge in [-0.3, -0.25) is 0 Å². The van der Waals surface area contributed by atoms with Gasteiger partial charge in [0.25, 0.3) is 5.92 Å². The minimum absolute atomic E-state index is 0.0557. The number of hydrogen-bond donors (Lipinski definition) is 0. The second-order valence-corrected chi connectivity index (χ2v) is 6.78. The van der Waals surface area contributed by atoms with Crippen LogP contribution in [-0.2, 0) is 9.31 Å². The molecule has 2 fully saturated rings. The third-order valence-corrected chi connectivity index (χ3v) is 4.66. The van der Waals surface area contributed by atoms with E-state index in [1.54, 1.807) is 18.2 Å². The van der Waals surface area contributed by atoms with Crippen LogP contribution in [0, 0.1) is 0 Å². The first-order valence-corrected chi connectivity index (χ1v) is 6.96. The summed E-state index contributed by atoms with van der Waals surface area (Å²) >= 11 is 0. The summed E-state index contributed by atoms with van der Waals surface area (Å²) in [6, 6.07) is 7.20. The molecule has 20 heavy (non-hydrogen) atoms. The topological polar surface area (TPSA) is 18.5 Å². The van der Waals surface area contributed by atoms with Crippen molar-refractivity contribution in [2.75, 3.05) is 0 Å². The molecule has 1 saturated heterocycles. The second-order valence-electron chi connectivity index (χ2n) is 6.78. The van der Waals surface area contributed by atoms with Crippen LogP contribution in [0.25, 0.3) is 0 Å². The Morgan fingerprint density at radius 2 is 1.65 bits per heavy atom. The summed E-state index contributed by atoms with van der Waals surface area (Å²) in [6.07, 6.45) is -0.0557. The monoisotopic (exact) mass is 280 g/mol. The van der Waals surface area contributed by atoms with Gasteiger partial charge in [0, 0.05) is 6.42 Å². The molecule has 1 aliphatic carbocycles. The van der Waals surface area contributed by atoms with Crippen molar-refractivity contribution in [3.63, 3.8) is 0 Å². The minimum Gasteiger partial charge on any atom is -0.399 e. The van der Waals surface area contributed by atoms with Crippen molar-refractivity contribution in [3.05, 3.63) is 29.8 Å². The third-order valence-electron chi connectivity index (χ3n) is 4.66. The van der Waals surface area contributed by atoms with E-state index < -0.39 is 30.2 Å². The quantitative estimate of drug-likeness (QED) is 0.775. The van der Waals surface area contributed by atoms with Gasteiger partial charge in [0.2, 0.25) is 0 Å². The van der Waals surface area contributed by atoms with Gasteiger partial charge in [-0.1, -0.05) is 24.3 Å². The Hall–Kier alpha value is -0.935. The van der Waals surface area contributed by atoms with Crippen molar-refractivity contribution < 1.29 is 18.1 Å². The molecule has 1 aromatic rings. The number of rotatable bonds is 2. The average molecular weight is 280 g/mol. The first-order chi connectivity index (χ1) is 9.12. The van der Waals surface area contributed by atoms with Crippen LogP contribution in [0.4, 0.5) is 8.78 Å². The molecule has 1 aromatic carbocycles. The van der Waals surface area contributed by atoms with E-state index in [2.05, 4.69) is 0 Å². The Bertz CT molecular complexity index is 526. The first-order valence-electron chi connectivity index (χ1n) is 6.96. The molecule has 1 unspecified atom stereocenters. The Balaban J connectivity index is 1.84. The van der Waals surface area contributed by atoms with Crippen LogP contribution in [0.15, 0.2) is 24.3 Å². The van der Waals surface area contributed by atoms with Gasteiger partial charge in [-0.15, -0.1) is 0 Å². The van der Waals surface area contributed by atoms with Crippen LogP contribution in [0.3, 0.4) is 0 Å². The van der Waals surface area contributed by atoms with Crippen LogP contribution in [0.5, 0.6) is 0 Å². The molecular formula is C15H19BF2O2. The molecule has 0 aromatic heterocycles. The van der Waals surface area contributed by atoms with Crippen molar-refractivity contribution in [1.29, 1.82) is 0 Å². The van der Waals surface area contributed by atoms with Gasteiger partial charge < -0.3 is 9.31 Å². The fourth-order valence-electron chi connectivity index (χ4n) is 2.48. The maximum atomic E-state index is 13.2. The lowest BCUT2D eigenvalue weighted by atomic mass is 9.78. The lowest BCUT2D eigenvalue weighted by Crippen LogP contribution is -2.41. The van der Waals surface area contributed by atoms with E-state index >= 15 is 0 Å². The van der Waals surface area contributed by atoms with Gasteiger partial charge in [0.05, 0.1) is 17.1 Å². The normalized spacial score (nSPS) is 29.5. The minimum atomic E-state index is -2.55. The van der Waals surface area contributed by atoms with Gasteiger partial charge >= 0.3 is 7.12 Å². The molecule has 0 bridgehead atoms. The first kappa shape index (κ1) is 14.0. The third kappa shape index (κ3) is 2.17. The zero-order valence-corrected chi connectivity index (χ0v) is 12.2. The summed E-state index contributed by atoms with van der Waals surface area (Å²) in [4.78, 5) is 0. The number of alkyl halides is 2. The highest BCUT2D eigenvalue weighted by atomic mass is 19.3. The van der Waals surface area contributed by atoms with E-state index in [1.807, 2.05) is 33.8 Å². The van der Waals surface area contributed by atoms with E-state index in [1.165, 1.54) is 0 Å². The van der Waals surface area contributed by atoms with Gasteiger partial charge in [-0.25, -0.2) is 8.78 Å². The van der Waals surface area contributed by atoms with Gasteiger partial charge in [0.15, 0.2) is 0 Å². The molecule has 1 atom stereocenters. The summed E-state index contributed by atoms with van der Waals surface area (Å²) in [5.74, 6) is -3.20. The highest BCUT2D eigenvalue weighted by Crippen LogP contribution is 2.55. The molecule has 2 nitrogen and oxygen atoms in total. The van der Waals surface area contributed by atoms with Crippen LogP contribution < -0.4 is 5.46 Å². The number of benzene rings is 1. The lowest BCUT2D eigenvalue weighted by molar-refractivity contribution is 0.00578. The molecule has 108 valence electrons. The maximum Gasteiger partial charge on any atom is 0.494 e. The van der Waals surface area contributed by atoms with E-state index in [-0.39, 0.29) is 6.42 Å². The van der Waals surface area contributed by atoms with E-state index in [4.69, 9.17) is 9.31 Å². The molecule has 2 aliphatic rings. The fourth-order valence-corrected chi connectivity index (χ4v) is 2.48. The molecular weight excluding hydrogens is 261 g/mol. The van der Waals surface area contributed by atoms with E-state index in [0.29, 0.717) is 5.56 Å². The summed E-state index contributed by atoms with van der Waals surface area (Å²) in [6.45, 7) is 7.91. The number of hydrogen-bond acceptors (Lipinski definition) is 2. The Kier molecular flexibility index (Phi) is 2.84. The zero-order valence-electron chi connectivity index (χ0n) is 12.2. The van der Waals surface area contributed by atoms with Crippen LogP contribution in [0.2, 0.25) is 0 Å². The Labute approximate surface area is 118 Å². The SMILES string of the molecule is CC1(C)OB(c2cccc(C3CC3(F)F)c2)OC1(C)C. The molecule has 1 heterocycles. The largest absolute Gasteiger partial charge is 0.494 e. The van der Waals surface area contributed by atoms with Crippen LogP contribution in [0.1, 0.15) is 45.6 Å². The zero-order chi connectivity index (χ0) is 14.8.